The first-order valence-corrected chi connectivity index (χ1v) is 6.54. The number of nitrogens with two attached hydrogens (primary N) is 1. The third-order valence-corrected chi connectivity index (χ3v) is 3.59. The molecule has 1 heterocycles. The lowest BCUT2D eigenvalue weighted by Gasteiger charge is -2.17. The summed E-state index contributed by atoms with van der Waals surface area (Å²) in [6.45, 7) is 2.14. The van der Waals surface area contributed by atoms with Crippen molar-refractivity contribution >= 4 is 16.6 Å². The van der Waals surface area contributed by atoms with E-state index >= 15 is 0 Å². The van der Waals surface area contributed by atoms with E-state index in [0.29, 0.717) is 0 Å². The quantitative estimate of drug-likeness (QED) is 0.837. The molecule has 0 amide bonds. The number of hydrogen-bond acceptors (Lipinski definition) is 3. The molecule has 1 aliphatic carbocycles. The van der Waals surface area contributed by atoms with Crippen LogP contribution in [0.15, 0.2) is 30.5 Å². The van der Waals surface area contributed by atoms with E-state index < -0.39 is 0 Å². The predicted molar refractivity (Wildman–Crippen MR) is 75.2 cm³/mol. The molecule has 0 radical (unpaired) electrons. The van der Waals surface area contributed by atoms with Crippen LogP contribution in [-0.2, 0) is 6.54 Å². The molecular formula is C15H19N3. The number of aromatic nitrogens is 1. The van der Waals surface area contributed by atoms with Gasteiger partial charge in [-0.3, -0.25) is 4.98 Å². The lowest BCUT2D eigenvalue weighted by Crippen LogP contribution is -2.20. The summed E-state index contributed by atoms with van der Waals surface area (Å²) in [6, 6.07) is 8.08. The second-order valence-electron chi connectivity index (χ2n) is 5.35. The maximum absolute atomic E-state index is 5.99. The zero-order valence-corrected chi connectivity index (χ0v) is 10.8. The van der Waals surface area contributed by atoms with Crippen LogP contribution in [0.2, 0.25) is 0 Å². The molecule has 18 heavy (non-hydrogen) atoms. The van der Waals surface area contributed by atoms with Crippen molar-refractivity contribution in [1.82, 2.24) is 9.88 Å². The first kappa shape index (κ1) is 11.5. The van der Waals surface area contributed by atoms with Gasteiger partial charge in [0.1, 0.15) is 0 Å². The molecule has 0 unspecified atom stereocenters. The van der Waals surface area contributed by atoms with Crippen LogP contribution in [0, 0.1) is 5.92 Å². The Morgan fingerprint density at radius 3 is 2.94 bits per heavy atom. The lowest BCUT2D eigenvalue weighted by molar-refractivity contribution is 0.314. The zero-order valence-electron chi connectivity index (χ0n) is 10.8. The molecule has 0 atom stereocenters. The third kappa shape index (κ3) is 2.31. The third-order valence-electron chi connectivity index (χ3n) is 3.59. The summed E-state index contributed by atoms with van der Waals surface area (Å²) in [4.78, 5) is 6.87. The maximum Gasteiger partial charge on any atom is 0.0767 e. The summed E-state index contributed by atoms with van der Waals surface area (Å²) in [5.74, 6) is 0.919. The molecule has 2 aromatic rings. The second-order valence-corrected chi connectivity index (χ2v) is 5.35. The first-order chi connectivity index (χ1) is 8.74. The van der Waals surface area contributed by atoms with Crippen molar-refractivity contribution in [3.05, 3.63) is 36.0 Å². The average molecular weight is 241 g/mol. The van der Waals surface area contributed by atoms with Crippen LogP contribution < -0.4 is 5.73 Å². The van der Waals surface area contributed by atoms with Crippen molar-refractivity contribution in [2.24, 2.45) is 5.92 Å². The van der Waals surface area contributed by atoms with Gasteiger partial charge >= 0.3 is 0 Å². The summed E-state index contributed by atoms with van der Waals surface area (Å²) in [5, 5.41) is 1.06. The highest BCUT2D eigenvalue weighted by Gasteiger charge is 2.22. The van der Waals surface area contributed by atoms with E-state index in [-0.39, 0.29) is 0 Å². The predicted octanol–water partition coefficient (Wildman–Crippen LogP) is 2.66. The van der Waals surface area contributed by atoms with Gasteiger partial charge in [0.2, 0.25) is 0 Å². The monoisotopic (exact) mass is 241 g/mol. The fourth-order valence-electron chi connectivity index (χ4n) is 2.48. The standard InChI is InChI=1S/C15H19N3/c1-18(9-11-4-5-11)10-12-6-7-14(16)13-3-2-8-17-15(12)13/h2-3,6-8,11H,4-5,9-10,16H2,1H3. The number of rotatable bonds is 4. The van der Waals surface area contributed by atoms with Crippen molar-refractivity contribution in [3.8, 4) is 0 Å². The van der Waals surface area contributed by atoms with E-state index in [2.05, 4.69) is 23.0 Å². The smallest absolute Gasteiger partial charge is 0.0767 e. The summed E-state index contributed by atoms with van der Waals surface area (Å²) >= 11 is 0. The van der Waals surface area contributed by atoms with E-state index in [1.54, 1.807) is 0 Å². The fraction of sp³-hybridized carbons (Fsp3) is 0.400. The van der Waals surface area contributed by atoms with Crippen molar-refractivity contribution < 1.29 is 0 Å². The Hall–Kier alpha value is -1.61. The Morgan fingerprint density at radius 1 is 1.33 bits per heavy atom. The topological polar surface area (TPSA) is 42.1 Å². The van der Waals surface area contributed by atoms with E-state index in [1.807, 2.05) is 24.4 Å². The Kier molecular flexibility index (Phi) is 2.92. The van der Waals surface area contributed by atoms with Gasteiger partial charge in [-0.15, -0.1) is 0 Å². The Morgan fingerprint density at radius 2 is 2.17 bits per heavy atom. The van der Waals surface area contributed by atoms with Crippen LogP contribution in [-0.4, -0.2) is 23.5 Å². The summed E-state index contributed by atoms with van der Waals surface area (Å²) in [7, 11) is 2.18. The molecule has 1 saturated carbocycles. The second kappa shape index (κ2) is 4.58. The summed E-state index contributed by atoms with van der Waals surface area (Å²) in [6.07, 6.45) is 4.63. The molecular weight excluding hydrogens is 222 g/mol. The molecule has 3 rings (SSSR count). The molecule has 0 saturated heterocycles. The minimum absolute atomic E-state index is 0.812. The number of hydrogen-bond donors (Lipinski definition) is 1. The van der Waals surface area contributed by atoms with Gasteiger partial charge in [0.25, 0.3) is 0 Å². The fourth-order valence-corrected chi connectivity index (χ4v) is 2.48. The van der Waals surface area contributed by atoms with Crippen LogP contribution in [0.5, 0.6) is 0 Å². The number of nitrogens with zero attached hydrogens (tertiary/aromatic N) is 2. The van der Waals surface area contributed by atoms with Gasteiger partial charge in [0.05, 0.1) is 5.52 Å². The number of nitrogen functional groups attached to an aromatic ring is 1. The molecule has 1 aromatic heterocycles. The van der Waals surface area contributed by atoms with Gasteiger partial charge in [-0.25, -0.2) is 0 Å². The van der Waals surface area contributed by atoms with E-state index in [4.69, 9.17) is 5.73 Å². The number of pyridine rings is 1. The van der Waals surface area contributed by atoms with Gasteiger partial charge in [-0.1, -0.05) is 6.07 Å². The minimum Gasteiger partial charge on any atom is -0.398 e. The molecule has 0 bridgehead atoms. The number of fused-ring (bicyclic) bond motifs is 1. The van der Waals surface area contributed by atoms with Gasteiger partial charge < -0.3 is 10.6 Å². The molecule has 0 spiro atoms. The summed E-state index contributed by atoms with van der Waals surface area (Å²) < 4.78 is 0. The van der Waals surface area contributed by atoms with Crippen molar-refractivity contribution in [2.75, 3.05) is 19.3 Å². The largest absolute Gasteiger partial charge is 0.398 e. The first-order valence-electron chi connectivity index (χ1n) is 6.54. The molecule has 3 heteroatoms. The van der Waals surface area contributed by atoms with Gasteiger partial charge in [-0.05, 0) is 49.6 Å². The van der Waals surface area contributed by atoms with Crippen molar-refractivity contribution in [2.45, 2.75) is 19.4 Å². The van der Waals surface area contributed by atoms with E-state index in [0.717, 1.165) is 29.1 Å². The zero-order chi connectivity index (χ0) is 12.5. The summed E-state index contributed by atoms with van der Waals surface area (Å²) in [5.41, 5.74) is 9.11. The van der Waals surface area contributed by atoms with Gasteiger partial charge in [0, 0.05) is 30.4 Å². The van der Waals surface area contributed by atoms with Crippen LogP contribution in [0.1, 0.15) is 18.4 Å². The van der Waals surface area contributed by atoms with E-state index in [9.17, 15) is 0 Å². The molecule has 0 aliphatic heterocycles. The van der Waals surface area contributed by atoms with Gasteiger partial charge in [-0.2, -0.15) is 0 Å². The SMILES string of the molecule is CN(Cc1ccc(N)c2cccnc12)CC1CC1. The van der Waals surface area contributed by atoms with Crippen LogP contribution in [0.4, 0.5) is 5.69 Å². The van der Waals surface area contributed by atoms with Crippen molar-refractivity contribution in [1.29, 1.82) is 0 Å². The maximum atomic E-state index is 5.99. The van der Waals surface area contributed by atoms with E-state index in [1.165, 1.54) is 24.9 Å². The number of anilines is 1. The molecule has 3 nitrogen and oxygen atoms in total. The Balaban J connectivity index is 1.88. The Labute approximate surface area is 108 Å². The highest BCUT2D eigenvalue weighted by atomic mass is 15.1. The molecule has 1 aromatic carbocycles. The minimum atomic E-state index is 0.812. The van der Waals surface area contributed by atoms with Crippen molar-refractivity contribution in [3.63, 3.8) is 0 Å². The highest BCUT2D eigenvalue weighted by molar-refractivity contribution is 5.92. The van der Waals surface area contributed by atoms with Crippen LogP contribution >= 0.6 is 0 Å². The van der Waals surface area contributed by atoms with Gasteiger partial charge in [0.15, 0.2) is 0 Å². The normalized spacial score (nSPS) is 15.4. The molecule has 2 N–H and O–H groups in total. The molecule has 94 valence electrons. The lowest BCUT2D eigenvalue weighted by atomic mass is 10.1. The number of benzene rings is 1. The highest BCUT2D eigenvalue weighted by Crippen LogP contribution is 2.30. The molecule has 1 fully saturated rings. The molecule has 1 aliphatic rings. The average Bonchev–Trinajstić information content (AvgIpc) is 3.17. The van der Waals surface area contributed by atoms with Crippen LogP contribution in [0.25, 0.3) is 10.9 Å². The Bertz CT molecular complexity index is 561. The van der Waals surface area contributed by atoms with Crippen LogP contribution in [0.3, 0.4) is 0 Å².